The molecule has 2 aromatic rings. The molecular formula is C14H16N4O4. The lowest BCUT2D eigenvalue weighted by Gasteiger charge is -1.96. The third kappa shape index (κ3) is 4.44. The van der Waals surface area contributed by atoms with Crippen LogP contribution in [0.5, 0.6) is 0 Å². The van der Waals surface area contributed by atoms with E-state index in [0.29, 0.717) is 0 Å². The second-order valence-electron chi connectivity index (χ2n) is 4.64. The first-order chi connectivity index (χ1) is 10.2. The minimum absolute atomic E-state index is 0.0231. The molecule has 0 spiro atoms. The molecule has 4 N–H and O–H groups in total. The maximum absolute atomic E-state index is 10.3. The van der Waals surface area contributed by atoms with Gasteiger partial charge in [0.2, 0.25) is 0 Å². The molecule has 0 atom stereocenters. The van der Waals surface area contributed by atoms with Crippen LogP contribution in [-0.4, -0.2) is 9.85 Å². The number of nitro benzene ring substituents is 2. The molecule has 8 heteroatoms. The normalized spacial score (nSPS) is 9.55. The van der Waals surface area contributed by atoms with Gasteiger partial charge in [0.25, 0.3) is 11.4 Å². The van der Waals surface area contributed by atoms with Gasteiger partial charge < -0.3 is 11.5 Å². The number of nitrogens with two attached hydrogens (primary N) is 2. The Morgan fingerprint density at radius 2 is 1.27 bits per heavy atom. The van der Waals surface area contributed by atoms with Crippen molar-refractivity contribution in [3.05, 3.63) is 67.8 Å². The molecule has 0 aliphatic rings. The summed E-state index contributed by atoms with van der Waals surface area (Å²) in [5.74, 6) is 0. The van der Waals surface area contributed by atoms with Crippen LogP contribution in [0, 0.1) is 34.1 Å². The average molecular weight is 304 g/mol. The van der Waals surface area contributed by atoms with Gasteiger partial charge in [0.15, 0.2) is 0 Å². The van der Waals surface area contributed by atoms with Crippen molar-refractivity contribution in [1.82, 2.24) is 0 Å². The van der Waals surface area contributed by atoms with E-state index in [0.717, 1.165) is 11.1 Å². The molecule has 0 radical (unpaired) electrons. The van der Waals surface area contributed by atoms with E-state index in [9.17, 15) is 20.2 Å². The SMILES string of the molecule is Cc1ccc(N)c([N+](=O)[O-])c1.Cc1ccc([N+](=O)[O-])c(N)c1. The Balaban J connectivity index is 0.000000220. The van der Waals surface area contributed by atoms with Crippen molar-refractivity contribution in [2.75, 3.05) is 11.5 Å². The van der Waals surface area contributed by atoms with Gasteiger partial charge in [0.1, 0.15) is 11.4 Å². The second kappa shape index (κ2) is 7.02. The smallest absolute Gasteiger partial charge is 0.292 e. The van der Waals surface area contributed by atoms with Crippen molar-refractivity contribution in [2.24, 2.45) is 0 Å². The van der Waals surface area contributed by atoms with Crippen LogP contribution in [0.25, 0.3) is 0 Å². The van der Waals surface area contributed by atoms with Gasteiger partial charge >= 0.3 is 0 Å². The Morgan fingerprint density at radius 3 is 1.73 bits per heavy atom. The second-order valence-corrected chi connectivity index (χ2v) is 4.64. The van der Waals surface area contributed by atoms with E-state index < -0.39 is 9.85 Å². The Labute approximate surface area is 126 Å². The van der Waals surface area contributed by atoms with E-state index in [1.165, 1.54) is 18.2 Å². The number of anilines is 2. The number of aryl methyl sites for hydroxylation is 2. The molecule has 0 aliphatic carbocycles. The van der Waals surface area contributed by atoms with Crippen LogP contribution in [0.15, 0.2) is 36.4 Å². The number of hydrogen-bond donors (Lipinski definition) is 2. The Kier molecular flexibility index (Phi) is 5.39. The number of nitro groups is 2. The largest absolute Gasteiger partial charge is 0.393 e. The van der Waals surface area contributed by atoms with Crippen LogP contribution in [-0.2, 0) is 0 Å². The minimum atomic E-state index is -0.491. The maximum atomic E-state index is 10.3. The highest BCUT2D eigenvalue weighted by Gasteiger charge is 2.09. The molecule has 0 aromatic heterocycles. The standard InChI is InChI=1S/2C7H8N2O2/c1-5-2-3-7(9(10)11)6(8)4-5;1-5-2-3-6(8)7(4-5)9(10)11/h2*2-4H,8H2,1H3. The number of benzene rings is 2. The highest BCUT2D eigenvalue weighted by molar-refractivity contribution is 5.59. The summed E-state index contributed by atoms with van der Waals surface area (Å²) in [5.41, 5.74) is 12.9. The minimum Gasteiger partial charge on any atom is -0.393 e. The van der Waals surface area contributed by atoms with Crippen molar-refractivity contribution in [3.63, 3.8) is 0 Å². The fraction of sp³-hybridized carbons (Fsp3) is 0.143. The predicted octanol–water partition coefficient (Wildman–Crippen LogP) is 2.97. The van der Waals surface area contributed by atoms with E-state index >= 15 is 0 Å². The van der Waals surface area contributed by atoms with E-state index in [4.69, 9.17) is 11.5 Å². The summed E-state index contributed by atoms with van der Waals surface area (Å²) in [7, 11) is 0. The van der Waals surface area contributed by atoms with Crippen LogP contribution in [0.3, 0.4) is 0 Å². The molecule has 0 heterocycles. The molecular weight excluding hydrogens is 288 g/mol. The van der Waals surface area contributed by atoms with Crippen molar-refractivity contribution in [3.8, 4) is 0 Å². The van der Waals surface area contributed by atoms with Crippen LogP contribution in [0.4, 0.5) is 22.7 Å². The van der Waals surface area contributed by atoms with Crippen molar-refractivity contribution in [1.29, 1.82) is 0 Å². The van der Waals surface area contributed by atoms with Crippen LogP contribution < -0.4 is 11.5 Å². The first kappa shape index (κ1) is 16.9. The molecule has 0 fully saturated rings. The van der Waals surface area contributed by atoms with Gasteiger partial charge in [-0.1, -0.05) is 12.1 Å². The van der Waals surface area contributed by atoms with E-state index in [2.05, 4.69) is 0 Å². The monoisotopic (exact) mass is 304 g/mol. The van der Waals surface area contributed by atoms with Gasteiger partial charge in [0.05, 0.1) is 9.85 Å². The first-order valence-electron chi connectivity index (χ1n) is 6.23. The fourth-order valence-electron chi connectivity index (χ4n) is 1.65. The summed E-state index contributed by atoms with van der Waals surface area (Å²) in [4.78, 5) is 19.6. The maximum Gasteiger partial charge on any atom is 0.292 e. The van der Waals surface area contributed by atoms with E-state index in [1.807, 2.05) is 6.92 Å². The zero-order chi connectivity index (χ0) is 16.9. The molecule has 2 aromatic carbocycles. The van der Waals surface area contributed by atoms with Gasteiger partial charge in [-0.3, -0.25) is 20.2 Å². The fourth-order valence-corrected chi connectivity index (χ4v) is 1.65. The molecule has 0 unspecified atom stereocenters. The number of hydrogen-bond acceptors (Lipinski definition) is 6. The third-order valence-corrected chi connectivity index (χ3v) is 2.76. The van der Waals surface area contributed by atoms with E-state index in [1.54, 1.807) is 25.1 Å². The molecule has 2 rings (SSSR count). The molecule has 0 bridgehead atoms. The van der Waals surface area contributed by atoms with Gasteiger partial charge in [-0.2, -0.15) is 0 Å². The first-order valence-corrected chi connectivity index (χ1v) is 6.23. The molecule has 0 amide bonds. The van der Waals surface area contributed by atoms with Crippen molar-refractivity contribution < 1.29 is 9.85 Å². The van der Waals surface area contributed by atoms with Crippen LogP contribution >= 0.6 is 0 Å². The summed E-state index contributed by atoms with van der Waals surface area (Å²) in [6, 6.07) is 9.38. The summed E-state index contributed by atoms with van der Waals surface area (Å²) in [6.45, 7) is 3.62. The molecule has 22 heavy (non-hydrogen) atoms. The molecule has 8 nitrogen and oxygen atoms in total. The summed E-state index contributed by atoms with van der Waals surface area (Å²) in [5, 5.41) is 20.6. The van der Waals surface area contributed by atoms with Gasteiger partial charge in [-0.05, 0) is 37.1 Å². The van der Waals surface area contributed by atoms with Crippen molar-refractivity contribution in [2.45, 2.75) is 13.8 Å². The highest BCUT2D eigenvalue weighted by Crippen LogP contribution is 2.22. The number of nitrogens with zero attached hydrogens (tertiary/aromatic N) is 2. The summed E-state index contributed by atoms with van der Waals surface area (Å²) < 4.78 is 0. The molecule has 0 saturated heterocycles. The van der Waals surface area contributed by atoms with Gasteiger partial charge in [0, 0.05) is 12.1 Å². The lowest BCUT2D eigenvalue weighted by molar-refractivity contribution is -0.384. The van der Waals surface area contributed by atoms with Crippen LogP contribution in [0.2, 0.25) is 0 Å². The number of rotatable bonds is 2. The quantitative estimate of drug-likeness (QED) is 0.496. The van der Waals surface area contributed by atoms with Crippen molar-refractivity contribution >= 4 is 22.7 Å². The third-order valence-electron chi connectivity index (χ3n) is 2.76. The summed E-state index contributed by atoms with van der Waals surface area (Å²) in [6.07, 6.45) is 0. The molecule has 0 aliphatic heterocycles. The topological polar surface area (TPSA) is 138 Å². The molecule has 116 valence electrons. The van der Waals surface area contributed by atoms with Gasteiger partial charge in [-0.15, -0.1) is 0 Å². The lowest BCUT2D eigenvalue weighted by atomic mass is 10.2. The van der Waals surface area contributed by atoms with Crippen LogP contribution in [0.1, 0.15) is 11.1 Å². The lowest BCUT2D eigenvalue weighted by Crippen LogP contribution is -1.95. The predicted molar refractivity (Wildman–Crippen MR) is 84.5 cm³/mol. The Morgan fingerprint density at radius 1 is 0.773 bits per heavy atom. The number of nitrogen functional groups attached to an aromatic ring is 2. The van der Waals surface area contributed by atoms with Gasteiger partial charge in [-0.25, -0.2) is 0 Å². The zero-order valence-corrected chi connectivity index (χ0v) is 12.1. The average Bonchev–Trinajstić information content (AvgIpc) is 2.41. The zero-order valence-electron chi connectivity index (χ0n) is 12.1. The summed E-state index contributed by atoms with van der Waals surface area (Å²) >= 11 is 0. The Bertz CT molecular complexity index is 716. The van der Waals surface area contributed by atoms with E-state index in [-0.39, 0.29) is 22.7 Å². The highest BCUT2D eigenvalue weighted by atomic mass is 16.6. The Hall–Kier alpha value is -3.16. The molecule has 0 saturated carbocycles.